The highest BCUT2D eigenvalue weighted by Crippen LogP contribution is 2.57. The Kier molecular flexibility index (Phi) is 8.59. The number of carbonyl (C=O) groups is 2. The van der Waals surface area contributed by atoms with Gasteiger partial charge >= 0.3 is 0 Å². The van der Waals surface area contributed by atoms with Gasteiger partial charge in [0.15, 0.2) is 0 Å². The van der Waals surface area contributed by atoms with Crippen molar-refractivity contribution < 1.29 is 28.6 Å². The minimum absolute atomic E-state index is 0.0919. The van der Waals surface area contributed by atoms with E-state index in [4.69, 9.17) is 37.8 Å². The van der Waals surface area contributed by atoms with E-state index in [-0.39, 0.29) is 34.4 Å². The smallest absolute Gasteiger partial charge is 0.242 e. The minimum Gasteiger partial charge on any atom is -0.494 e. The van der Waals surface area contributed by atoms with Gasteiger partial charge in [-0.3, -0.25) is 9.59 Å². The van der Waals surface area contributed by atoms with Crippen LogP contribution >= 0.6 is 23.2 Å². The monoisotopic (exact) mass is 630 g/mol. The van der Waals surface area contributed by atoms with Crippen molar-refractivity contribution in [3.8, 4) is 11.5 Å². The molecule has 1 aromatic heterocycles. The van der Waals surface area contributed by atoms with E-state index in [9.17, 15) is 9.59 Å². The predicted octanol–water partition coefficient (Wildman–Crippen LogP) is 5.30. The van der Waals surface area contributed by atoms with Gasteiger partial charge in [0.25, 0.3) is 0 Å². The van der Waals surface area contributed by atoms with Crippen LogP contribution in [-0.4, -0.2) is 54.3 Å². The van der Waals surface area contributed by atoms with E-state index >= 15 is 4.39 Å². The highest BCUT2D eigenvalue weighted by Gasteiger charge is 2.66. The van der Waals surface area contributed by atoms with Gasteiger partial charge in [-0.2, -0.15) is 0 Å². The number of aliphatic hydroxyl groups is 1. The number of amides is 2. The molecule has 2 aliphatic rings. The molecule has 2 amide bonds. The Morgan fingerprint density at radius 1 is 1.21 bits per heavy atom. The van der Waals surface area contributed by atoms with Crippen molar-refractivity contribution in [2.45, 2.75) is 50.6 Å². The zero-order valence-electron chi connectivity index (χ0n) is 24.1. The van der Waals surface area contributed by atoms with Gasteiger partial charge in [0, 0.05) is 35.5 Å². The molecule has 1 saturated heterocycles. The molecule has 4 atom stereocenters. The molecule has 2 aromatic carbocycles. The number of aromatic nitrogens is 1. The molecular formula is C31H33Cl2FN4O5. The van der Waals surface area contributed by atoms with Gasteiger partial charge in [0.05, 0.1) is 30.5 Å². The molecule has 0 unspecified atom stereocenters. The van der Waals surface area contributed by atoms with E-state index in [1.165, 1.54) is 19.4 Å². The molecule has 12 heteroatoms. The first kappa shape index (κ1) is 31.0. The van der Waals surface area contributed by atoms with Crippen molar-refractivity contribution in [1.29, 1.82) is 0 Å². The van der Waals surface area contributed by atoms with Crippen LogP contribution in [0.3, 0.4) is 0 Å². The average molecular weight is 632 g/mol. The molecule has 9 nitrogen and oxygen atoms in total. The summed E-state index contributed by atoms with van der Waals surface area (Å²) in [6.07, 6.45) is 1.99. The summed E-state index contributed by atoms with van der Waals surface area (Å²) in [6.45, 7) is 6.03. The Hall–Kier alpha value is -3.44. The second kappa shape index (κ2) is 11.9. The Bertz CT molecular complexity index is 1570. The van der Waals surface area contributed by atoms with E-state index in [2.05, 4.69) is 20.9 Å². The molecule has 0 radical (unpaired) electrons. The van der Waals surface area contributed by atoms with Crippen LogP contribution in [0.4, 0.5) is 15.8 Å². The number of hydrogen-bond donors (Lipinski definition) is 4. The minimum atomic E-state index is -1.43. The predicted molar refractivity (Wildman–Crippen MR) is 163 cm³/mol. The first-order chi connectivity index (χ1) is 20.4. The molecule has 3 aromatic rings. The molecule has 1 fully saturated rings. The number of halogens is 3. The van der Waals surface area contributed by atoms with E-state index < -0.39 is 41.0 Å². The highest BCUT2D eigenvalue weighted by atomic mass is 35.5. The third-order valence-corrected chi connectivity index (χ3v) is 8.40. The number of pyridine rings is 1. The summed E-state index contributed by atoms with van der Waals surface area (Å²) in [5.41, 5.74) is -0.280. The maximum absolute atomic E-state index is 15.9. The first-order valence-corrected chi connectivity index (χ1v) is 14.6. The van der Waals surface area contributed by atoms with Crippen LogP contribution < -0.4 is 25.4 Å². The molecule has 1 spiro atoms. The third kappa shape index (κ3) is 5.64. The summed E-state index contributed by atoms with van der Waals surface area (Å²) in [4.78, 5) is 32.7. The van der Waals surface area contributed by atoms with Crippen molar-refractivity contribution >= 4 is 46.4 Å². The molecule has 228 valence electrons. The lowest BCUT2D eigenvalue weighted by molar-refractivity contribution is -0.122. The number of nitrogens with zero attached hydrogens (tertiary/aromatic N) is 1. The van der Waals surface area contributed by atoms with Crippen molar-refractivity contribution in [2.24, 2.45) is 5.41 Å². The topological polar surface area (TPSA) is 122 Å². The van der Waals surface area contributed by atoms with Crippen LogP contribution in [-0.2, 0) is 15.0 Å². The number of fused-ring (bicyclic) bond motifs is 2. The number of nitrogens with one attached hydrogen (secondary N) is 3. The number of rotatable bonds is 8. The molecule has 5 rings (SSSR count). The lowest BCUT2D eigenvalue weighted by atomic mass is 9.62. The van der Waals surface area contributed by atoms with Gasteiger partial charge < -0.3 is 30.5 Å². The van der Waals surface area contributed by atoms with Gasteiger partial charge in [0.2, 0.25) is 11.8 Å². The lowest BCUT2D eigenvalue weighted by Crippen LogP contribution is -2.49. The highest BCUT2D eigenvalue weighted by molar-refractivity contribution is 6.31. The third-order valence-electron chi connectivity index (χ3n) is 7.90. The van der Waals surface area contributed by atoms with Gasteiger partial charge in [-0.25, -0.2) is 9.37 Å². The van der Waals surface area contributed by atoms with E-state index in [1.54, 1.807) is 36.4 Å². The van der Waals surface area contributed by atoms with Crippen LogP contribution in [0, 0.1) is 11.2 Å². The number of methoxy groups -OCH3 is 1. The number of benzene rings is 2. The summed E-state index contributed by atoms with van der Waals surface area (Å²) in [5, 5.41) is 18.4. The maximum atomic E-state index is 15.9. The average Bonchev–Trinajstić information content (AvgIpc) is 3.42. The largest absolute Gasteiger partial charge is 0.494 e. The van der Waals surface area contributed by atoms with E-state index in [1.807, 2.05) is 20.8 Å². The van der Waals surface area contributed by atoms with Crippen molar-refractivity contribution in [2.75, 3.05) is 31.0 Å². The molecule has 0 bridgehead atoms. The summed E-state index contributed by atoms with van der Waals surface area (Å²) in [6, 6.07) is 9.27. The Morgan fingerprint density at radius 3 is 2.67 bits per heavy atom. The van der Waals surface area contributed by atoms with Crippen LogP contribution in [0.1, 0.15) is 44.2 Å². The summed E-state index contributed by atoms with van der Waals surface area (Å²) in [5.74, 6) is -1.88. The molecule has 2 aliphatic heterocycles. The zero-order chi connectivity index (χ0) is 31.1. The standard InChI is InChI=1S/C31H33Cl2FN4O5/c1-30(2,3)14-23-31(18-15-35-24(33)13-21(18)37-29(31)41)25(17-6-5-7-19(32)26(17)34)27(38-23)28(40)36-20-9-8-16(43-11-10-39)12-22(20)42-4/h5-9,12-13,15,23,25,27,38-39H,10-11,14H2,1-4H3,(H,36,40)(H,37,41)/t23-,25-,27+,31+/m0/s1. The van der Waals surface area contributed by atoms with Gasteiger partial charge in [-0.05, 0) is 41.7 Å². The van der Waals surface area contributed by atoms with Crippen molar-refractivity contribution in [1.82, 2.24) is 10.3 Å². The Balaban J connectivity index is 1.66. The second-order valence-electron chi connectivity index (χ2n) is 11.9. The van der Waals surface area contributed by atoms with Crippen molar-refractivity contribution in [3.05, 3.63) is 75.8 Å². The maximum Gasteiger partial charge on any atom is 0.242 e. The van der Waals surface area contributed by atoms with Crippen LogP contribution in [0.15, 0.2) is 48.7 Å². The zero-order valence-corrected chi connectivity index (χ0v) is 25.6. The van der Waals surface area contributed by atoms with E-state index in [0.717, 1.165) is 0 Å². The number of hydrogen-bond acceptors (Lipinski definition) is 7. The van der Waals surface area contributed by atoms with Crippen molar-refractivity contribution in [3.63, 3.8) is 0 Å². The fraction of sp³-hybridized carbons (Fsp3) is 0.387. The Morgan fingerprint density at radius 2 is 1.98 bits per heavy atom. The molecular weight excluding hydrogens is 598 g/mol. The molecule has 43 heavy (non-hydrogen) atoms. The number of carbonyl (C=O) groups excluding carboxylic acids is 2. The number of anilines is 2. The number of ether oxygens (including phenoxy) is 2. The quantitative estimate of drug-likeness (QED) is 0.249. The molecule has 0 aliphatic carbocycles. The summed E-state index contributed by atoms with van der Waals surface area (Å²) in [7, 11) is 1.45. The summed E-state index contributed by atoms with van der Waals surface area (Å²) >= 11 is 12.5. The SMILES string of the molecule is COc1cc(OCCO)ccc1NC(=O)[C@@H]1N[C@@H](CC(C)(C)C)[C@@]2(C(=O)Nc3cc(Cl)ncc32)[C@H]1c1cccc(Cl)c1F. The van der Waals surface area contributed by atoms with Crippen LogP contribution in [0.5, 0.6) is 11.5 Å². The van der Waals surface area contributed by atoms with Gasteiger partial charge in [0.1, 0.15) is 34.5 Å². The molecule has 4 N–H and O–H groups in total. The Labute approximate surface area is 259 Å². The fourth-order valence-corrected chi connectivity index (χ4v) is 6.61. The fourth-order valence-electron chi connectivity index (χ4n) is 6.27. The molecule has 3 heterocycles. The van der Waals surface area contributed by atoms with Gasteiger partial charge in [-0.1, -0.05) is 56.1 Å². The first-order valence-electron chi connectivity index (χ1n) is 13.8. The molecule has 0 saturated carbocycles. The van der Waals surface area contributed by atoms with Crippen LogP contribution in [0.2, 0.25) is 10.2 Å². The van der Waals surface area contributed by atoms with Crippen LogP contribution in [0.25, 0.3) is 0 Å². The number of aliphatic hydroxyl groups excluding tert-OH is 1. The van der Waals surface area contributed by atoms with E-state index in [0.29, 0.717) is 34.9 Å². The summed E-state index contributed by atoms with van der Waals surface area (Å²) < 4.78 is 26.9. The van der Waals surface area contributed by atoms with Gasteiger partial charge in [-0.15, -0.1) is 0 Å². The normalized spacial score (nSPS) is 22.8. The lowest BCUT2D eigenvalue weighted by Gasteiger charge is -2.37. The second-order valence-corrected chi connectivity index (χ2v) is 12.7.